The molecule has 6 heteroatoms. The number of ether oxygens (including phenoxy) is 2. The van der Waals surface area contributed by atoms with Gasteiger partial charge in [0, 0.05) is 11.0 Å². The maximum atomic E-state index is 11.4. The highest BCUT2D eigenvalue weighted by atomic mass is 32.1. The molecule has 0 fully saturated rings. The summed E-state index contributed by atoms with van der Waals surface area (Å²) in [7, 11) is 0. The molecular formula is C13H17NO4S. The molecule has 1 aromatic rings. The monoisotopic (exact) mass is 283 g/mol. The summed E-state index contributed by atoms with van der Waals surface area (Å²) in [6.45, 7) is 4.18. The average Bonchev–Trinajstić information content (AvgIpc) is 2.68. The van der Waals surface area contributed by atoms with Crippen molar-refractivity contribution >= 4 is 34.4 Å². The van der Waals surface area contributed by atoms with Gasteiger partial charge in [0.2, 0.25) is 0 Å². The Morgan fingerprint density at radius 1 is 1.32 bits per heavy atom. The van der Waals surface area contributed by atoms with E-state index in [-0.39, 0.29) is 12.4 Å². The molecule has 0 aliphatic rings. The molecule has 0 bridgehead atoms. The highest BCUT2D eigenvalue weighted by Gasteiger charge is 2.10. The number of anilines is 1. The van der Waals surface area contributed by atoms with Crippen molar-refractivity contribution in [3.63, 3.8) is 0 Å². The smallest absolute Gasteiger partial charge is 0.330 e. The van der Waals surface area contributed by atoms with Crippen LogP contribution in [-0.4, -0.2) is 25.2 Å². The Bertz CT molecular complexity index is 479. The van der Waals surface area contributed by atoms with E-state index in [2.05, 4.69) is 0 Å². The summed E-state index contributed by atoms with van der Waals surface area (Å²) in [5, 5.41) is 0.552. The largest absolute Gasteiger partial charge is 0.466 e. The number of carbonyl (C=O) groups excluding carboxylic acids is 2. The summed E-state index contributed by atoms with van der Waals surface area (Å²) < 4.78 is 9.63. The van der Waals surface area contributed by atoms with Crippen molar-refractivity contribution in [1.82, 2.24) is 0 Å². The van der Waals surface area contributed by atoms with E-state index in [1.165, 1.54) is 17.4 Å². The van der Waals surface area contributed by atoms with Crippen LogP contribution in [0.2, 0.25) is 0 Å². The van der Waals surface area contributed by atoms with E-state index in [4.69, 9.17) is 15.2 Å². The predicted molar refractivity (Wildman–Crippen MR) is 74.7 cm³/mol. The SMILES string of the molecule is CCOC(=O)/C=C\c1cc(CC(=O)OCC)c(N)s1. The molecule has 2 N–H and O–H groups in total. The van der Waals surface area contributed by atoms with Crippen LogP contribution in [0.15, 0.2) is 12.1 Å². The summed E-state index contributed by atoms with van der Waals surface area (Å²) in [5.74, 6) is -0.714. The number of carbonyl (C=O) groups is 2. The fourth-order valence-electron chi connectivity index (χ4n) is 1.39. The highest BCUT2D eigenvalue weighted by molar-refractivity contribution is 7.17. The van der Waals surface area contributed by atoms with Gasteiger partial charge in [-0.3, -0.25) is 4.79 Å². The first-order valence-electron chi connectivity index (χ1n) is 5.95. The molecule has 0 aliphatic carbocycles. The minimum Gasteiger partial charge on any atom is -0.466 e. The van der Waals surface area contributed by atoms with Gasteiger partial charge >= 0.3 is 11.9 Å². The van der Waals surface area contributed by atoms with Crippen molar-refractivity contribution in [3.05, 3.63) is 22.6 Å². The second-order valence-corrected chi connectivity index (χ2v) is 4.72. The van der Waals surface area contributed by atoms with Crippen LogP contribution >= 0.6 is 11.3 Å². The zero-order valence-corrected chi connectivity index (χ0v) is 11.8. The van der Waals surface area contributed by atoms with Crippen LogP contribution < -0.4 is 5.73 Å². The lowest BCUT2D eigenvalue weighted by molar-refractivity contribution is -0.142. The molecule has 0 saturated carbocycles. The van der Waals surface area contributed by atoms with E-state index >= 15 is 0 Å². The Morgan fingerprint density at radius 3 is 2.63 bits per heavy atom. The number of thiophene rings is 1. The molecule has 5 nitrogen and oxygen atoms in total. The van der Waals surface area contributed by atoms with Gasteiger partial charge < -0.3 is 15.2 Å². The lowest BCUT2D eigenvalue weighted by Crippen LogP contribution is -2.07. The van der Waals surface area contributed by atoms with Crippen LogP contribution in [0.5, 0.6) is 0 Å². The minimum absolute atomic E-state index is 0.142. The number of rotatable bonds is 6. The fourth-order valence-corrected chi connectivity index (χ4v) is 2.25. The van der Waals surface area contributed by atoms with E-state index in [0.29, 0.717) is 23.8 Å². The van der Waals surface area contributed by atoms with Crippen LogP contribution in [0, 0.1) is 0 Å². The molecule has 19 heavy (non-hydrogen) atoms. The third kappa shape index (κ3) is 5.13. The molecular weight excluding hydrogens is 266 g/mol. The van der Waals surface area contributed by atoms with Crippen LogP contribution in [-0.2, 0) is 25.5 Å². The van der Waals surface area contributed by atoms with Gasteiger partial charge in [0.05, 0.1) is 24.6 Å². The second-order valence-electron chi connectivity index (χ2n) is 3.61. The van der Waals surface area contributed by atoms with Gasteiger partial charge in [-0.15, -0.1) is 11.3 Å². The summed E-state index contributed by atoms with van der Waals surface area (Å²) in [4.78, 5) is 23.3. The Morgan fingerprint density at radius 2 is 2.00 bits per heavy atom. The molecule has 1 heterocycles. The number of esters is 2. The Balaban J connectivity index is 2.68. The summed E-state index contributed by atoms with van der Waals surface area (Å²) in [6.07, 6.45) is 3.10. The van der Waals surface area contributed by atoms with Gasteiger partial charge in [0.15, 0.2) is 0 Å². The van der Waals surface area contributed by atoms with Crippen LogP contribution in [0.25, 0.3) is 6.08 Å². The Hall–Kier alpha value is -1.82. The van der Waals surface area contributed by atoms with Crippen molar-refractivity contribution < 1.29 is 19.1 Å². The highest BCUT2D eigenvalue weighted by Crippen LogP contribution is 2.26. The molecule has 0 radical (unpaired) electrons. The second kappa shape index (κ2) is 7.58. The van der Waals surface area contributed by atoms with Crippen molar-refractivity contribution in [1.29, 1.82) is 0 Å². The normalized spacial score (nSPS) is 10.6. The van der Waals surface area contributed by atoms with Crippen molar-refractivity contribution in [2.75, 3.05) is 18.9 Å². The maximum Gasteiger partial charge on any atom is 0.330 e. The zero-order chi connectivity index (χ0) is 14.3. The van der Waals surface area contributed by atoms with E-state index in [0.717, 1.165) is 4.88 Å². The van der Waals surface area contributed by atoms with E-state index < -0.39 is 5.97 Å². The number of nitrogen functional groups attached to an aromatic ring is 1. The molecule has 0 amide bonds. The van der Waals surface area contributed by atoms with Gasteiger partial charge in [-0.2, -0.15) is 0 Å². The molecule has 1 rings (SSSR count). The van der Waals surface area contributed by atoms with Gasteiger partial charge in [-0.1, -0.05) is 0 Å². The lowest BCUT2D eigenvalue weighted by atomic mass is 10.2. The molecule has 104 valence electrons. The quantitative estimate of drug-likeness (QED) is 0.638. The first-order valence-corrected chi connectivity index (χ1v) is 6.77. The third-order valence-corrected chi connectivity index (χ3v) is 3.14. The van der Waals surface area contributed by atoms with Crippen molar-refractivity contribution in [2.45, 2.75) is 20.3 Å². The van der Waals surface area contributed by atoms with Gasteiger partial charge in [-0.25, -0.2) is 4.79 Å². The molecule has 1 aromatic heterocycles. The molecule has 0 unspecified atom stereocenters. The van der Waals surface area contributed by atoms with Crippen LogP contribution in [0.4, 0.5) is 5.00 Å². The lowest BCUT2D eigenvalue weighted by Gasteiger charge is -1.99. The average molecular weight is 283 g/mol. The zero-order valence-electron chi connectivity index (χ0n) is 11.0. The standard InChI is InChI=1S/C13H17NO4S/c1-3-17-11(15)6-5-10-7-9(13(14)19-10)8-12(16)18-4-2/h5-7H,3-4,8,14H2,1-2H3/b6-5-. The number of hydrogen-bond donors (Lipinski definition) is 1. The van der Waals surface area contributed by atoms with Gasteiger partial charge in [0.1, 0.15) is 0 Å². The van der Waals surface area contributed by atoms with Crippen LogP contribution in [0.1, 0.15) is 24.3 Å². The first-order chi connectivity index (χ1) is 9.06. The summed E-state index contributed by atoms with van der Waals surface area (Å²) in [5.41, 5.74) is 6.53. The van der Waals surface area contributed by atoms with Gasteiger partial charge in [-0.05, 0) is 31.6 Å². The Labute approximate surface area is 116 Å². The molecule has 0 atom stereocenters. The van der Waals surface area contributed by atoms with Gasteiger partial charge in [0.25, 0.3) is 0 Å². The summed E-state index contributed by atoms with van der Waals surface area (Å²) >= 11 is 1.31. The molecule has 0 saturated heterocycles. The number of nitrogens with two attached hydrogens (primary N) is 1. The van der Waals surface area contributed by atoms with Crippen LogP contribution in [0.3, 0.4) is 0 Å². The number of hydrogen-bond acceptors (Lipinski definition) is 6. The summed E-state index contributed by atoms with van der Waals surface area (Å²) in [6, 6.07) is 1.77. The van der Waals surface area contributed by atoms with E-state index in [1.807, 2.05) is 0 Å². The van der Waals surface area contributed by atoms with E-state index in [1.54, 1.807) is 26.0 Å². The Kier molecular flexibility index (Phi) is 6.08. The predicted octanol–water partition coefficient (Wildman–Crippen LogP) is 2.01. The topological polar surface area (TPSA) is 78.6 Å². The third-order valence-electron chi connectivity index (χ3n) is 2.17. The molecule has 0 aromatic carbocycles. The first kappa shape index (κ1) is 15.2. The maximum absolute atomic E-state index is 11.4. The van der Waals surface area contributed by atoms with Crippen molar-refractivity contribution in [2.24, 2.45) is 0 Å². The molecule has 0 aliphatic heterocycles. The van der Waals surface area contributed by atoms with Crippen molar-refractivity contribution in [3.8, 4) is 0 Å². The molecule has 0 spiro atoms. The van der Waals surface area contributed by atoms with E-state index in [9.17, 15) is 9.59 Å². The fraction of sp³-hybridized carbons (Fsp3) is 0.385. The minimum atomic E-state index is -0.401.